The summed E-state index contributed by atoms with van der Waals surface area (Å²) in [4.78, 5) is 20.9. The minimum absolute atomic E-state index is 0.0699. The van der Waals surface area contributed by atoms with Gasteiger partial charge in [-0.25, -0.2) is 8.78 Å². The third-order valence-corrected chi connectivity index (χ3v) is 3.55. The Labute approximate surface area is 125 Å². The van der Waals surface area contributed by atoms with Gasteiger partial charge in [0.15, 0.2) is 0 Å². The summed E-state index contributed by atoms with van der Waals surface area (Å²) in [6.07, 6.45) is 0. The van der Waals surface area contributed by atoms with E-state index in [9.17, 15) is 13.6 Å². The van der Waals surface area contributed by atoms with Gasteiger partial charge in [-0.3, -0.25) is 9.78 Å². The fourth-order valence-electron chi connectivity index (χ4n) is 2.46. The van der Waals surface area contributed by atoms with Crippen LogP contribution in [0.3, 0.4) is 0 Å². The molecule has 8 heteroatoms. The van der Waals surface area contributed by atoms with Crippen LogP contribution < -0.4 is 21.5 Å². The van der Waals surface area contributed by atoms with Crippen LogP contribution in [-0.4, -0.2) is 36.1 Å². The normalized spacial score (nSPS) is 15.1. The van der Waals surface area contributed by atoms with Gasteiger partial charge in [0, 0.05) is 37.8 Å². The van der Waals surface area contributed by atoms with Crippen molar-refractivity contribution in [3.05, 3.63) is 40.2 Å². The average Bonchev–Trinajstić information content (AvgIpc) is 2.49. The molecule has 1 saturated heterocycles. The van der Waals surface area contributed by atoms with E-state index in [1.165, 1.54) is 6.07 Å². The van der Waals surface area contributed by atoms with Crippen LogP contribution in [0.1, 0.15) is 0 Å². The van der Waals surface area contributed by atoms with Crippen LogP contribution in [0.25, 0.3) is 11.1 Å². The number of anilines is 2. The van der Waals surface area contributed by atoms with Gasteiger partial charge in [-0.2, -0.15) is 4.98 Å². The van der Waals surface area contributed by atoms with Gasteiger partial charge in [0.2, 0.25) is 5.95 Å². The zero-order chi connectivity index (χ0) is 15.7. The lowest BCUT2D eigenvalue weighted by Crippen LogP contribution is -2.44. The van der Waals surface area contributed by atoms with Gasteiger partial charge in [0.1, 0.15) is 17.5 Å². The molecule has 1 aliphatic rings. The predicted octanol–water partition coefficient (Wildman–Crippen LogP) is 0.707. The number of aromatic nitrogens is 2. The number of halogens is 2. The monoisotopic (exact) mass is 307 g/mol. The Kier molecular flexibility index (Phi) is 3.76. The van der Waals surface area contributed by atoms with E-state index in [0.29, 0.717) is 25.1 Å². The number of nitrogens with two attached hydrogens (primary N) is 1. The number of H-pyrrole nitrogens is 1. The molecule has 4 N–H and O–H groups in total. The first-order valence-corrected chi connectivity index (χ1v) is 6.87. The van der Waals surface area contributed by atoms with E-state index in [2.05, 4.69) is 15.3 Å². The van der Waals surface area contributed by atoms with Gasteiger partial charge in [-0.05, 0) is 12.1 Å². The SMILES string of the molecule is Nc1nc(N2CCNCC2)[nH]c(=O)c1-c1ccc(F)cc1F. The van der Waals surface area contributed by atoms with Crippen molar-refractivity contribution >= 4 is 11.8 Å². The van der Waals surface area contributed by atoms with Crippen LogP contribution in [0, 0.1) is 11.6 Å². The fourth-order valence-corrected chi connectivity index (χ4v) is 2.46. The molecular weight excluding hydrogens is 292 g/mol. The van der Waals surface area contributed by atoms with Crippen LogP contribution in [0.4, 0.5) is 20.5 Å². The minimum Gasteiger partial charge on any atom is -0.383 e. The Morgan fingerprint density at radius 2 is 1.95 bits per heavy atom. The third kappa shape index (κ3) is 2.64. The molecule has 0 amide bonds. The van der Waals surface area contributed by atoms with Crippen molar-refractivity contribution in [2.24, 2.45) is 0 Å². The summed E-state index contributed by atoms with van der Waals surface area (Å²) in [6.45, 7) is 2.93. The van der Waals surface area contributed by atoms with E-state index in [0.717, 1.165) is 19.2 Å². The van der Waals surface area contributed by atoms with Gasteiger partial charge in [-0.1, -0.05) is 0 Å². The number of rotatable bonds is 2. The summed E-state index contributed by atoms with van der Waals surface area (Å²) in [5.41, 5.74) is 5.13. The second kappa shape index (κ2) is 5.72. The molecule has 0 atom stereocenters. The molecule has 116 valence electrons. The molecule has 6 nitrogen and oxygen atoms in total. The largest absolute Gasteiger partial charge is 0.383 e. The summed E-state index contributed by atoms with van der Waals surface area (Å²) in [5, 5.41) is 3.19. The first-order chi connectivity index (χ1) is 10.6. The van der Waals surface area contributed by atoms with Gasteiger partial charge < -0.3 is 16.0 Å². The van der Waals surface area contributed by atoms with E-state index in [1.807, 2.05) is 4.90 Å². The number of nitrogens with zero attached hydrogens (tertiary/aromatic N) is 2. The van der Waals surface area contributed by atoms with E-state index in [-0.39, 0.29) is 16.9 Å². The van der Waals surface area contributed by atoms with Crippen molar-refractivity contribution in [3.63, 3.8) is 0 Å². The van der Waals surface area contributed by atoms with Crippen molar-refractivity contribution in [2.75, 3.05) is 36.8 Å². The zero-order valence-electron chi connectivity index (χ0n) is 11.7. The minimum atomic E-state index is -0.853. The summed E-state index contributed by atoms with van der Waals surface area (Å²) in [7, 11) is 0. The second-order valence-electron chi connectivity index (χ2n) is 5.01. The molecule has 0 aliphatic carbocycles. The highest BCUT2D eigenvalue weighted by molar-refractivity contribution is 5.74. The first-order valence-electron chi connectivity index (χ1n) is 6.87. The number of aromatic amines is 1. The molecular formula is C14H15F2N5O. The molecule has 22 heavy (non-hydrogen) atoms. The quantitative estimate of drug-likeness (QED) is 0.760. The Morgan fingerprint density at radius 3 is 2.59 bits per heavy atom. The number of piperazine rings is 1. The predicted molar refractivity (Wildman–Crippen MR) is 79.7 cm³/mol. The van der Waals surface area contributed by atoms with E-state index >= 15 is 0 Å². The van der Waals surface area contributed by atoms with E-state index in [1.54, 1.807) is 0 Å². The smallest absolute Gasteiger partial charge is 0.262 e. The van der Waals surface area contributed by atoms with Gasteiger partial charge in [-0.15, -0.1) is 0 Å². The lowest BCUT2D eigenvalue weighted by Gasteiger charge is -2.28. The number of benzene rings is 1. The lowest BCUT2D eigenvalue weighted by molar-refractivity contribution is 0.579. The van der Waals surface area contributed by atoms with Crippen molar-refractivity contribution in [3.8, 4) is 11.1 Å². The maximum Gasteiger partial charge on any atom is 0.262 e. The summed E-state index contributed by atoms with van der Waals surface area (Å²) in [6, 6.07) is 2.96. The van der Waals surface area contributed by atoms with Crippen LogP contribution in [-0.2, 0) is 0 Å². The Balaban J connectivity index is 2.04. The second-order valence-corrected chi connectivity index (χ2v) is 5.01. The summed E-state index contributed by atoms with van der Waals surface area (Å²) >= 11 is 0. The molecule has 1 aromatic heterocycles. The highest BCUT2D eigenvalue weighted by atomic mass is 19.1. The van der Waals surface area contributed by atoms with Gasteiger partial charge >= 0.3 is 0 Å². The van der Waals surface area contributed by atoms with Crippen LogP contribution in [0.5, 0.6) is 0 Å². The lowest BCUT2D eigenvalue weighted by atomic mass is 10.1. The third-order valence-electron chi connectivity index (χ3n) is 3.55. The fraction of sp³-hybridized carbons (Fsp3) is 0.286. The summed E-state index contributed by atoms with van der Waals surface area (Å²) in [5.74, 6) is -1.30. The Hall–Kier alpha value is -2.48. The van der Waals surface area contributed by atoms with Crippen molar-refractivity contribution in [1.82, 2.24) is 15.3 Å². The van der Waals surface area contributed by atoms with Crippen LogP contribution in [0.15, 0.2) is 23.0 Å². The molecule has 0 bridgehead atoms. The Bertz CT molecular complexity index is 755. The number of hydrogen-bond donors (Lipinski definition) is 3. The molecule has 1 aliphatic heterocycles. The number of nitrogen functional groups attached to an aromatic ring is 1. The standard InChI is InChI=1S/C14H15F2N5O/c15-8-1-2-9(10(16)7-8)11-12(17)19-14(20-13(11)22)21-5-3-18-4-6-21/h1-2,7,18H,3-6H2,(H3,17,19,20,22). The average molecular weight is 307 g/mol. The molecule has 1 fully saturated rings. The molecule has 2 aromatic rings. The molecule has 3 rings (SSSR count). The van der Waals surface area contributed by atoms with Crippen LogP contribution >= 0.6 is 0 Å². The maximum absolute atomic E-state index is 13.9. The molecule has 2 heterocycles. The number of nitrogens with one attached hydrogen (secondary N) is 2. The van der Waals surface area contributed by atoms with Gasteiger partial charge in [0.05, 0.1) is 5.56 Å². The highest BCUT2D eigenvalue weighted by Crippen LogP contribution is 2.25. The topological polar surface area (TPSA) is 87.0 Å². The molecule has 0 saturated carbocycles. The zero-order valence-corrected chi connectivity index (χ0v) is 11.7. The Morgan fingerprint density at radius 1 is 1.23 bits per heavy atom. The van der Waals surface area contributed by atoms with E-state index in [4.69, 9.17) is 5.73 Å². The van der Waals surface area contributed by atoms with Gasteiger partial charge in [0.25, 0.3) is 5.56 Å². The van der Waals surface area contributed by atoms with Crippen molar-refractivity contribution in [2.45, 2.75) is 0 Å². The molecule has 0 spiro atoms. The molecule has 0 radical (unpaired) electrons. The first kappa shape index (κ1) is 14.5. The highest BCUT2D eigenvalue weighted by Gasteiger charge is 2.19. The van der Waals surface area contributed by atoms with Crippen molar-refractivity contribution < 1.29 is 8.78 Å². The summed E-state index contributed by atoms with van der Waals surface area (Å²) < 4.78 is 26.8. The van der Waals surface area contributed by atoms with E-state index < -0.39 is 17.2 Å². The molecule has 0 unspecified atom stereocenters. The maximum atomic E-state index is 13.9. The van der Waals surface area contributed by atoms with Crippen molar-refractivity contribution in [1.29, 1.82) is 0 Å². The molecule has 1 aromatic carbocycles. The van der Waals surface area contributed by atoms with Crippen LogP contribution in [0.2, 0.25) is 0 Å². The number of hydrogen-bond acceptors (Lipinski definition) is 5.